The molecule has 0 aliphatic rings. The number of guanidine groups is 1. The van der Waals surface area contributed by atoms with Gasteiger partial charge in [-0.25, -0.2) is 9.98 Å². The Kier molecular flexibility index (Phi) is 5.97. The Labute approximate surface area is 137 Å². The first-order valence-corrected chi connectivity index (χ1v) is 7.83. The van der Waals surface area contributed by atoms with Gasteiger partial charge in [0.15, 0.2) is 5.96 Å². The zero-order chi connectivity index (χ0) is 16.7. The monoisotopic (exact) mass is 312 g/mol. The molecule has 0 fully saturated rings. The summed E-state index contributed by atoms with van der Waals surface area (Å²) in [5.41, 5.74) is 9.09. The lowest BCUT2D eigenvalue weighted by Gasteiger charge is -2.10. The van der Waals surface area contributed by atoms with Crippen molar-refractivity contribution in [3.05, 3.63) is 53.7 Å². The number of aliphatic imine (C=N–C) groups is 1. The minimum atomic E-state index is 0.372. The highest BCUT2D eigenvalue weighted by molar-refractivity contribution is 5.92. The number of hydrogen-bond donors (Lipinski definition) is 2. The number of aromatic nitrogens is 1. The quantitative estimate of drug-likeness (QED) is 0.632. The molecule has 1 heterocycles. The number of anilines is 1. The number of hydrogen-bond acceptors (Lipinski definition) is 3. The average molecular weight is 312 g/mol. The van der Waals surface area contributed by atoms with E-state index in [1.54, 1.807) is 6.20 Å². The van der Waals surface area contributed by atoms with Gasteiger partial charge in [-0.2, -0.15) is 0 Å². The van der Waals surface area contributed by atoms with Gasteiger partial charge >= 0.3 is 0 Å². The lowest BCUT2D eigenvalue weighted by atomic mass is 10.0. The molecule has 5 nitrogen and oxygen atoms in total. The molecule has 3 N–H and O–H groups in total. The van der Waals surface area contributed by atoms with Crippen molar-refractivity contribution in [2.24, 2.45) is 10.7 Å². The fourth-order valence-electron chi connectivity index (χ4n) is 2.14. The standard InChI is InChI=1S/C18H24N4O/c1-4-23-17-15(8-6-10-20-17)12-21-18(19)22-16-9-5-7-14(11-16)13(2)3/h5-11,13H,4,12H2,1-3H3,(H3,19,21,22). The first-order valence-electron chi connectivity index (χ1n) is 7.83. The van der Waals surface area contributed by atoms with Crippen molar-refractivity contribution in [2.75, 3.05) is 11.9 Å². The Hall–Kier alpha value is -2.56. The van der Waals surface area contributed by atoms with E-state index in [1.165, 1.54) is 5.56 Å². The number of nitrogens with zero attached hydrogens (tertiary/aromatic N) is 2. The van der Waals surface area contributed by atoms with Crippen LogP contribution in [0.2, 0.25) is 0 Å². The van der Waals surface area contributed by atoms with Crippen LogP contribution < -0.4 is 15.8 Å². The minimum absolute atomic E-state index is 0.372. The molecule has 2 rings (SSSR count). The number of nitrogens with two attached hydrogens (primary N) is 1. The normalized spacial score (nSPS) is 11.6. The maximum absolute atomic E-state index is 5.98. The summed E-state index contributed by atoms with van der Waals surface area (Å²) in [6, 6.07) is 12.0. The van der Waals surface area contributed by atoms with Gasteiger partial charge in [0.2, 0.25) is 5.88 Å². The van der Waals surface area contributed by atoms with Crippen LogP contribution in [0.5, 0.6) is 5.88 Å². The number of rotatable bonds is 6. The van der Waals surface area contributed by atoms with Crippen molar-refractivity contribution in [3.63, 3.8) is 0 Å². The molecule has 0 aliphatic carbocycles. The first-order chi connectivity index (χ1) is 11.1. The van der Waals surface area contributed by atoms with E-state index < -0.39 is 0 Å². The Balaban J connectivity index is 2.05. The van der Waals surface area contributed by atoms with Crippen LogP contribution in [0, 0.1) is 0 Å². The van der Waals surface area contributed by atoms with Crippen molar-refractivity contribution < 1.29 is 4.74 Å². The van der Waals surface area contributed by atoms with E-state index in [0.717, 1.165) is 11.3 Å². The van der Waals surface area contributed by atoms with Gasteiger partial charge in [0.25, 0.3) is 0 Å². The molecule has 0 saturated carbocycles. The van der Waals surface area contributed by atoms with E-state index >= 15 is 0 Å². The molecule has 1 aromatic heterocycles. The zero-order valence-corrected chi connectivity index (χ0v) is 13.9. The summed E-state index contributed by atoms with van der Waals surface area (Å²) < 4.78 is 5.49. The van der Waals surface area contributed by atoms with Crippen LogP contribution in [0.1, 0.15) is 37.8 Å². The highest BCUT2D eigenvalue weighted by atomic mass is 16.5. The molecule has 0 spiro atoms. The second-order valence-corrected chi connectivity index (χ2v) is 5.51. The van der Waals surface area contributed by atoms with Crippen molar-refractivity contribution in [1.29, 1.82) is 0 Å². The molecule has 0 bridgehead atoms. The molecule has 5 heteroatoms. The largest absolute Gasteiger partial charge is 0.478 e. The molecule has 0 radical (unpaired) electrons. The van der Waals surface area contributed by atoms with E-state index in [2.05, 4.69) is 41.3 Å². The summed E-state index contributed by atoms with van der Waals surface area (Å²) in [4.78, 5) is 8.58. The van der Waals surface area contributed by atoms with Gasteiger partial charge in [-0.1, -0.05) is 32.0 Å². The van der Waals surface area contributed by atoms with Crippen LogP contribution in [-0.4, -0.2) is 17.6 Å². The van der Waals surface area contributed by atoms with Crippen LogP contribution in [0.3, 0.4) is 0 Å². The van der Waals surface area contributed by atoms with Gasteiger partial charge in [-0.15, -0.1) is 0 Å². The summed E-state index contributed by atoms with van der Waals surface area (Å²) in [5.74, 6) is 1.45. The number of benzene rings is 1. The van der Waals surface area contributed by atoms with E-state index in [4.69, 9.17) is 10.5 Å². The SMILES string of the molecule is CCOc1ncccc1CN=C(N)Nc1cccc(C(C)C)c1. The maximum Gasteiger partial charge on any atom is 0.218 e. The van der Waals surface area contributed by atoms with Gasteiger partial charge in [-0.05, 0) is 36.6 Å². The van der Waals surface area contributed by atoms with Crippen molar-refractivity contribution in [2.45, 2.75) is 33.2 Å². The highest BCUT2D eigenvalue weighted by Crippen LogP contribution is 2.19. The zero-order valence-electron chi connectivity index (χ0n) is 13.9. The van der Waals surface area contributed by atoms with Gasteiger partial charge in [-0.3, -0.25) is 0 Å². The van der Waals surface area contributed by atoms with Crippen LogP contribution in [0.25, 0.3) is 0 Å². The fraction of sp³-hybridized carbons (Fsp3) is 0.333. The third-order valence-electron chi connectivity index (χ3n) is 3.38. The lowest BCUT2D eigenvalue weighted by Crippen LogP contribution is -2.22. The number of pyridine rings is 1. The molecule has 0 aliphatic heterocycles. The smallest absolute Gasteiger partial charge is 0.218 e. The second kappa shape index (κ2) is 8.17. The molecule has 1 aromatic carbocycles. The molecular weight excluding hydrogens is 288 g/mol. The Bertz CT molecular complexity index is 668. The Morgan fingerprint density at radius 3 is 2.87 bits per heavy atom. The molecule has 0 amide bonds. The van der Waals surface area contributed by atoms with Gasteiger partial charge < -0.3 is 15.8 Å². The van der Waals surface area contributed by atoms with Crippen LogP contribution >= 0.6 is 0 Å². The van der Waals surface area contributed by atoms with Gasteiger partial charge in [0.1, 0.15) is 0 Å². The molecule has 2 aromatic rings. The lowest BCUT2D eigenvalue weighted by molar-refractivity contribution is 0.323. The Morgan fingerprint density at radius 2 is 2.13 bits per heavy atom. The number of ether oxygens (including phenoxy) is 1. The van der Waals surface area contributed by atoms with E-state index in [0.29, 0.717) is 30.9 Å². The summed E-state index contributed by atoms with van der Waals surface area (Å²) in [5, 5.41) is 3.13. The molecule has 122 valence electrons. The number of nitrogens with one attached hydrogen (secondary N) is 1. The Morgan fingerprint density at radius 1 is 1.30 bits per heavy atom. The van der Waals surface area contributed by atoms with Crippen molar-refractivity contribution in [1.82, 2.24) is 4.98 Å². The molecule has 0 unspecified atom stereocenters. The second-order valence-electron chi connectivity index (χ2n) is 5.51. The molecule has 0 atom stereocenters. The van der Waals surface area contributed by atoms with Crippen LogP contribution in [0.15, 0.2) is 47.6 Å². The highest BCUT2D eigenvalue weighted by Gasteiger charge is 2.04. The van der Waals surface area contributed by atoms with E-state index in [1.807, 2.05) is 31.2 Å². The molecule has 0 saturated heterocycles. The molecule has 23 heavy (non-hydrogen) atoms. The summed E-state index contributed by atoms with van der Waals surface area (Å²) in [6.07, 6.45) is 1.71. The minimum Gasteiger partial charge on any atom is -0.478 e. The summed E-state index contributed by atoms with van der Waals surface area (Å²) in [6.45, 7) is 7.25. The van der Waals surface area contributed by atoms with Gasteiger partial charge in [0, 0.05) is 17.4 Å². The summed E-state index contributed by atoms with van der Waals surface area (Å²) in [7, 11) is 0. The summed E-state index contributed by atoms with van der Waals surface area (Å²) >= 11 is 0. The maximum atomic E-state index is 5.98. The predicted molar refractivity (Wildman–Crippen MR) is 94.9 cm³/mol. The van der Waals surface area contributed by atoms with Crippen molar-refractivity contribution >= 4 is 11.6 Å². The van der Waals surface area contributed by atoms with E-state index in [-0.39, 0.29) is 0 Å². The topological polar surface area (TPSA) is 72.5 Å². The third-order valence-corrected chi connectivity index (χ3v) is 3.38. The van der Waals surface area contributed by atoms with Crippen LogP contribution in [0.4, 0.5) is 5.69 Å². The predicted octanol–water partition coefficient (Wildman–Crippen LogP) is 3.53. The first kappa shape index (κ1) is 16.8. The van der Waals surface area contributed by atoms with Gasteiger partial charge in [0.05, 0.1) is 13.2 Å². The molecular formula is C18H24N4O. The fourth-order valence-corrected chi connectivity index (χ4v) is 2.14. The average Bonchev–Trinajstić information content (AvgIpc) is 2.54. The van der Waals surface area contributed by atoms with Crippen molar-refractivity contribution in [3.8, 4) is 5.88 Å². The van der Waals surface area contributed by atoms with Crippen LogP contribution in [-0.2, 0) is 6.54 Å². The third kappa shape index (κ3) is 4.98. The van der Waals surface area contributed by atoms with E-state index in [9.17, 15) is 0 Å².